The molecule has 0 bridgehead atoms. The molecule has 2 amide bonds. The Morgan fingerprint density at radius 3 is 2.62 bits per heavy atom. The highest BCUT2D eigenvalue weighted by Crippen LogP contribution is 2.28. The highest BCUT2D eigenvalue weighted by atomic mass is 32.1. The fourth-order valence-electron chi connectivity index (χ4n) is 2.09. The van der Waals surface area contributed by atoms with Crippen molar-refractivity contribution in [2.75, 3.05) is 13.7 Å². The molecule has 6 nitrogen and oxygen atoms in total. The number of amides is 2. The molecule has 0 aliphatic heterocycles. The SMILES string of the molecule is COc1cc(CNC(=O)Cc2ccc(C)s2)ccc1OCC(N)=O. The summed E-state index contributed by atoms with van der Waals surface area (Å²) in [6.07, 6.45) is 0.370. The molecule has 0 saturated carbocycles. The first-order chi connectivity index (χ1) is 11.5. The summed E-state index contributed by atoms with van der Waals surface area (Å²) in [4.78, 5) is 25.0. The third-order valence-electron chi connectivity index (χ3n) is 3.22. The number of carbonyl (C=O) groups excluding carboxylic acids is 2. The molecule has 0 unspecified atom stereocenters. The van der Waals surface area contributed by atoms with Crippen LogP contribution in [0.5, 0.6) is 11.5 Å². The predicted molar refractivity (Wildman–Crippen MR) is 92.3 cm³/mol. The molecular formula is C17H20N2O4S. The summed E-state index contributed by atoms with van der Waals surface area (Å²) in [5.74, 6) is 0.319. The van der Waals surface area contributed by atoms with Crippen LogP contribution >= 0.6 is 11.3 Å². The normalized spacial score (nSPS) is 10.2. The van der Waals surface area contributed by atoms with Crippen LogP contribution in [0.15, 0.2) is 30.3 Å². The van der Waals surface area contributed by atoms with Crippen molar-refractivity contribution in [2.24, 2.45) is 5.73 Å². The molecule has 1 heterocycles. The molecule has 3 N–H and O–H groups in total. The molecule has 0 saturated heterocycles. The third kappa shape index (κ3) is 5.27. The maximum absolute atomic E-state index is 12.0. The van der Waals surface area contributed by atoms with Crippen LogP contribution in [0.4, 0.5) is 0 Å². The Labute approximate surface area is 144 Å². The third-order valence-corrected chi connectivity index (χ3v) is 4.22. The second-order valence-electron chi connectivity index (χ2n) is 5.21. The van der Waals surface area contributed by atoms with E-state index in [0.717, 1.165) is 10.4 Å². The number of hydrogen-bond donors (Lipinski definition) is 2. The fourth-order valence-corrected chi connectivity index (χ4v) is 2.98. The van der Waals surface area contributed by atoms with E-state index in [-0.39, 0.29) is 12.5 Å². The van der Waals surface area contributed by atoms with Crippen LogP contribution in [-0.2, 0) is 22.6 Å². The molecule has 0 spiro atoms. The summed E-state index contributed by atoms with van der Waals surface area (Å²) < 4.78 is 10.5. The zero-order valence-corrected chi connectivity index (χ0v) is 14.4. The van der Waals surface area contributed by atoms with Gasteiger partial charge in [0.25, 0.3) is 5.91 Å². The average Bonchev–Trinajstić information content (AvgIpc) is 2.96. The number of ether oxygens (including phenoxy) is 2. The maximum atomic E-state index is 12.0. The molecule has 0 radical (unpaired) electrons. The monoisotopic (exact) mass is 348 g/mol. The Morgan fingerprint density at radius 2 is 2.00 bits per heavy atom. The highest BCUT2D eigenvalue weighted by molar-refractivity contribution is 7.12. The molecule has 0 atom stereocenters. The van der Waals surface area contributed by atoms with Gasteiger partial charge < -0.3 is 20.5 Å². The molecule has 7 heteroatoms. The second-order valence-corrected chi connectivity index (χ2v) is 6.58. The van der Waals surface area contributed by atoms with E-state index < -0.39 is 5.91 Å². The minimum absolute atomic E-state index is 0.0372. The minimum atomic E-state index is -0.558. The number of thiophene rings is 1. The van der Waals surface area contributed by atoms with Gasteiger partial charge in [-0.2, -0.15) is 0 Å². The van der Waals surface area contributed by atoms with Crippen LogP contribution in [-0.4, -0.2) is 25.5 Å². The summed E-state index contributed by atoms with van der Waals surface area (Å²) in [5, 5.41) is 2.87. The van der Waals surface area contributed by atoms with Gasteiger partial charge in [0, 0.05) is 16.3 Å². The number of methoxy groups -OCH3 is 1. The number of rotatable bonds is 8. The molecular weight excluding hydrogens is 328 g/mol. The van der Waals surface area contributed by atoms with Gasteiger partial charge in [0.05, 0.1) is 13.5 Å². The van der Waals surface area contributed by atoms with E-state index >= 15 is 0 Å². The van der Waals surface area contributed by atoms with Crippen molar-refractivity contribution in [3.05, 3.63) is 45.6 Å². The number of benzene rings is 1. The lowest BCUT2D eigenvalue weighted by molar-refractivity contribution is -0.121. The van der Waals surface area contributed by atoms with Crippen LogP contribution in [0.3, 0.4) is 0 Å². The van der Waals surface area contributed by atoms with Crippen LogP contribution in [0.1, 0.15) is 15.3 Å². The number of primary amides is 1. The van der Waals surface area contributed by atoms with Crippen LogP contribution in [0.2, 0.25) is 0 Å². The van der Waals surface area contributed by atoms with Crippen molar-refractivity contribution < 1.29 is 19.1 Å². The second kappa shape index (κ2) is 8.35. The largest absolute Gasteiger partial charge is 0.493 e. The summed E-state index contributed by atoms with van der Waals surface area (Å²) >= 11 is 1.62. The van der Waals surface area contributed by atoms with E-state index in [4.69, 9.17) is 15.2 Å². The van der Waals surface area contributed by atoms with Crippen molar-refractivity contribution >= 4 is 23.2 Å². The summed E-state index contributed by atoms with van der Waals surface area (Å²) in [7, 11) is 1.51. The van der Waals surface area contributed by atoms with E-state index in [1.54, 1.807) is 29.5 Å². The molecule has 0 aliphatic rings. The number of carbonyl (C=O) groups is 2. The lowest BCUT2D eigenvalue weighted by Crippen LogP contribution is -2.24. The molecule has 24 heavy (non-hydrogen) atoms. The molecule has 2 rings (SSSR count). The van der Waals surface area contributed by atoms with Crippen molar-refractivity contribution in [1.29, 1.82) is 0 Å². The molecule has 0 aliphatic carbocycles. The molecule has 2 aromatic rings. The number of aryl methyl sites for hydroxylation is 1. The van der Waals surface area contributed by atoms with Crippen molar-refractivity contribution in [1.82, 2.24) is 5.32 Å². The standard InChI is InChI=1S/C17H20N2O4S/c1-11-3-5-13(24-11)8-17(21)19-9-12-4-6-14(15(7-12)22-2)23-10-16(18)20/h3-7H,8-10H2,1-2H3,(H2,18,20)(H,19,21). The van der Waals surface area contributed by atoms with E-state index in [2.05, 4.69) is 5.32 Å². The van der Waals surface area contributed by atoms with Gasteiger partial charge in [-0.15, -0.1) is 11.3 Å². The van der Waals surface area contributed by atoms with Gasteiger partial charge in [-0.25, -0.2) is 0 Å². The van der Waals surface area contributed by atoms with E-state index in [1.807, 2.05) is 19.1 Å². The van der Waals surface area contributed by atoms with Gasteiger partial charge in [-0.05, 0) is 36.8 Å². The van der Waals surface area contributed by atoms with Gasteiger partial charge in [0.2, 0.25) is 5.91 Å². The lowest BCUT2D eigenvalue weighted by Gasteiger charge is -2.11. The fraction of sp³-hybridized carbons (Fsp3) is 0.294. The Bertz CT molecular complexity index is 727. The van der Waals surface area contributed by atoms with Crippen molar-refractivity contribution in [3.63, 3.8) is 0 Å². The maximum Gasteiger partial charge on any atom is 0.255 e. The Hall–Kier alpha value is -2.54. The molecule has 1 aromatic heterocycles. The van der Waals surface area contributed by atoms with Gasteiger partial charge in [0.15, 0.2) is 18.1 Å². The van der Waals surface area contributed by atoms with E-state index in [0.29, 0.717) is 24.5 Å². The number of nitrogens with two attached hydrogens (primary N) is 1. The van der Waals surface area contributed by atoms with Gasteiger partial charge >= 0.3 is 0 Å². The Balaban J connectivity index is 1.92. The smallest absolute Gasteiger partial charge is 0.255 e. The lowest BCUT2D eigenvalue weighted by atomic mass is 10.2. The van der Waals surface area contributed by atoms with Gasteiger partial charge in [-0.3, -0.25) is 9.59 Å². The first-order valence-corrected chi connectivity index (χ1v) is 8.19. The molecule has 0 fully saturated rings. The molecule has 1 aromatic carbocycles. The zero-order chi connectivity index (χ0) is 17.5. The van der Waals surface area contributed by atoms with Crippen molar-refractivity contribution in [2.45, 2.75) is 19.9 Å². The topological polar surface area (TPSA) is 90.7 Å². The quantitative estimate of drug-likeness (QED) is 0.761. The summed E-state index contributed by atoms with van der Waals surface area (Å²) in [6.45, 7) is 2.18. The van der Waals surface area contributed by atoms with Crippen molar-refractivity contribution in [3.8, 4) is 11.5 Å². The van der Waals surface area contributed by atoms with Crippen LogP contribution in [0, 0.1) is 6.92 Å². The van der Waals surface area contributed by atoms with Crippen LogP contribution < -0.4 is 20.5 Å². The van der Waals surface area contributed by atoms with E-state index in [1.165, 1.54) is 12.0 Å². The van der Waals surface area contributed by atoms with Gasteiger partial charge in [0.1, 0.15) is 0 Å². The first kappa shape index (κ1) is 17.8. The van der Waals surface area contributed by atoms with Crippen LogP contribution in [0.25, 0.3) is 0 Å². The minimum Gasteiger partial charge on any atom is -0.493 e. The first-order valence-electron chi connectivity index (χ1n) is 7.38. The summed E-state index contributed by atoms with van der Waals surface area (Å²) in [6, 6.07) is 9.21. The number of hydrogen-bond acceptors (Lipinski definition) is 5. The summed E-state index contributed by atoms with van der Waals surface area (Å²) in [5.41, 5.74) is 5.93. The predicted octanol–water partition coefficient (Wildman–Crippen LogP) is 1.79. The van der Waals surface area contributed by atoms with Gasteiger partial charge in [-0.1, -0.05) is 6.07 Å². The Kier molecular flexibility index (Phi) is 6.20. The zero-order valence-electron chi connectivity index (χ0n) is 13.6. The van der Waals surface area contributed by atoms with E-state index in [9.17, 15) is 9.59 Å². The highest BCUT2D eigenvalue weighted by Gasteiger charge is 2.09. The molecule has 128 valence electrons. The Morgan fingerprint density at radius 1 is 1.21 bits per heavy atom. The average molecular weight is 348 g/mol. The number of nitrogens with one attached hydrogen (secondary N) is 1.